The molecule has 1 saturated heterocycles. The maximum atomic E-state index is 10.4. The number of fused-ring (bicyclic) bond motifs is 1. The van der Waals surface area contributed by atoms with Crippen LogP contribution in [0, 0.1) is 6.92 Å². The van der Waals surface area contributed by atoms with Gasteiger partial charge in [-0.1, -0.05) is 26.0 Å². The number of rotatable bonds is 7. The van der Waals surface area contributed by atoms with E-state index in [2.05, 4.69) is 47.3 Å². The first-order valence-electron chi connectivity index (χ1n) is 13.0. The molecule has 1 fully saturated rings. The molecule has 1 aromatic carbocycles. The highest BCUT2D eigenvalue weighted by atomic mass is 16.3. The molecule has 10 nitrogen and oxygen atoms in total. The molecule has 0 unspecified atom stereocenters. The van der Waals surface area contributed by atoms with Crippen LogP contribution in [-0.2, 0) is 12.1 Å². The third kappa shape index (κ3) is 5.03. The van der Waals surface area contributed by atoms with Gasteiger partial charge in [0.15, 0.2) is 5.65 Å². The fraction of sp³-hybridized carbons (Fsp3) is 0.481. The zero-order chi connectivity index (χ0) is 26.3. The van der Waals surface area contributed by atoms with Crippen molar-refractivity contribution >= 4 is 17.5 Å². The third-order valence-corrected chi connectivity index (χ3v) is 7.10. The number of nitrogens with zero attached hydrogens (tertiary/aromatic N) is 7. The summed E-state index contributed by atoms with van der Waals surface area (Å²) >= 11 is 0. The second kappa shape index (κ2) is 9.75. The van der Waals surface area contributed by atoms with Crippen LogP contribution in [0.1, 0.15) is 68.8 Å². The number of aliphatic hydroxyl groups is 1. The highest BCUT2D eigenvalue weighted by Crippen LogP contribution is 2.26. The van der Waals surface area contributed by atoms with Crippen LogP contribution >= 0.6 is 0 Å². The Kier molecular flexibility index (Phi) is 6.63. The van der Waals surface area contributed by atoms with Gasteiger partial charge in [-0.15, -0.1) is 0 Å². The summed E-state index contributed by atoms with van der Waals surface area (Å²) in [5.41, 5.74) is 10.8. The van der Waals surface area contributed by atoms with Crippen molar-refractivity contribution in [3.8, 4) is 5.69 Å². The second-order valence-corrected chi connectivity index (χ2v) is 10.8. The van der Waals surface area contributed by atoms with E-state index in [0.29, 0.717) is 24.1 Å². The summed E-state index contributed by atoms with van der Waals surface area (Å²) in [5.74, 6) is 1.64. The quantitative estimate of drug-likeness (QED) is 0.350. The molecule has 4 aromatic rings. The minimum atomic E-state index is -1.01. The number of aromatic nitrogens is 6. The Balaban J connectivity index is 1.50. The van der Waals surface area contributed by atoms with Gasteiger partial charge in [-0.2, -0.15) is 24.7 Å². The molecule has 0 radical (unpaired) electrons. The number of hydrogen-bond donors (Lipinski definition) is 3. The molecule has 1 aliphatic heterocycles. The Morgan fingerprint density at radius 2 is 1.92 bits per heavy atom. The SMILES string of the molecule is Cc1cccc(-n2ccc(C(C)(C)O)n2)c1CNc1nc(N2CCC(N)CC2)nc2c(C(C)C)cnn12. The third-order valence-electron chi connectivity index (χ3n) is 7.10. The van der Waals surface area contributed by atoms with Gasteiger partial charge >= 0.3 is 0 Å². The normalized spacial score (nSPS) is 15.2. The predicted octanol–water partition coefficient (Wildman–Crippen LogP) is 3.51. The zero-order valence-corrected chi connectivity index (χ0v) is 22.3. The molecule has 4 N–H and O–H groups in total. The lowest BCUT2D eigenvalue weighted by molar-refractivity contribution is 0.0734. The smallest absolute Gasteiger partial charge is 0.230 e. The summed E-state index contributed by atoms with van der Waals surface area (Å²) in [4.78, 5) is 12.1. The predicted molar refractivity (Wildman–Crippen MR) is 145 cm³/mol. The van der Waals surface area contributed by atoms with Crippen LogP contribution in [0.15, 0.2) is 36.7 Å². The van der Waals surface area contributed by atoms with E-state index in [1.807, 2.05) is 35.3 Å². The summed E-state index contributed by atoms with van der Waals surface area (Å²) in [7, 11) is 0. The molecule has 10 heteroatoms. The molecule has 1 aliphatic rings. The fourth-order valence-corrected chi connectivity index (χ4v) is 4.73. The topological polar surface area (TPSA) is 122 Å². The lowest BCUT2D eigenvalue weighted by Gasteiger charge is -2.30. The number of aryl methyl sites for hydroxylation is 1. The van der Waals surface area contributed by atoms with Crippen LogP contribution in [-0.4, -0.2) is 53.6 Å². The molecule has 0 aliphatic carbocycles. The van der Waals surface area contributed by atoms with E-state index in [0.717, 1.165) is 54.0 Å². The van der Waals surface area contributed by atoms with Crippen molar-refractivity contribution in [2.75, 3.05) is 23.3 Å². The second-order valence-electron chi connectivity index (χ2n) is 10.8. The van der Waals surface area contributed by atoms with E-state index in [4.69, 9.17) is 15.7 Å². The molecular formula is C27H37N9O. The average Bonchev–Trinajstić information content (AvgIpc) is 3.51. The highest BCUT2D eigenvalue weighted by Gasteiger charge is 2.23. The summed E-state index contributed by atoms with van der Waals surface area (Å²) in [5, 5.41) is 23.2. The minimum Gasteiger partial charge on any atom is -0.384 e. The van der Waals surface area contributed by atoms with E-state index < -0.39 is 5.60 Å². The summed E-state index contributed by atoms with van der Waals surface area (Å²) in [6.07, 6.45) is 5.63. The first kappa shape index (κ1) is 25.2. The minimum absolute atomic E-state index is 0.234. The Morgan fingerprint density at radius 3 is 2.59 bits per heavy atom. The Hall–Kier alpha value is -3.50. The molecule has 0 atom stereocenters. The molecule has 0 amide bonds. The van der Waals surface area contributed by atoms with Crippen molar-refractivity contribution < 1.29 is 5.11 Å². The van der Waals surface area contributed by atoms with Crippen molar-refractivity contribution in [3.63, 3.8) is 0 Å². The van der Waals surface area contributed by atoms with E-state index >= 15 is 0 Å². The van der Waals surface area contributed by atoms with Gasteiger partial charge in [0.2, 0.25) is 11.9 Å². The molecule has 0 saturated carbocycles. The summed E-state index contributed by atoms with van der Waals surface area (Å²) in [6.45, 7) is 12.1. The van der Waals surface area contributed by atoms with E-state index in [9.17, 15) is 5.11 Å². The van der Waals surface area contributed by atoms with Crippen LogP contribution in [0.4, 0.5) is 11.9 Å². The fourth-order valence-electron chi connectivity index (χ4n) is 4.73. The van der Waals surface area contributed by atoms with Crippen molar-refractivity contribution in [2.45, 2.75) is 71.6 Å². The molecule has 196 valence electrons. The highest BCUT2D eigenvalue weighted by molar-refractivity contribution is 5.57. The Morgan fingerprint density at radius 1 is 1.16 bits per heavy atom. The van der Waals surface area contributed by atoms with Crippen LogP contribution in [0.25, 0.3) is 11.3 Å². The molecule has 5 rings (SSSR count). The Labute approximate surface area is 217 Å². The van der Waals surface area contributed by atoms with Gasteiger partial charge in [0.25, 0.3) is 0 Å². The average molecular weight is 504 g/mol. The van der Waals surface area contributed by atoms with Gasteiger partial charge in [0, 0.05) is 37.4 Å². The van der Waals surface area contributed by atoms with Crippen molar-refractivity contribution in [2.24, 2.45) is 5.73 Å². The number of hydrogen-bond acceptors (Lipinski definition) is 8. The lowest BCUT2D eigenvalue weighted by Crippen LogP contribution is -2.40. The van der Waals surface area contributed by atoms with Crippen LogP contribution < -0.4 is 16.0 Å². The van der Waals surface area contributed by atoms with E-state index in [1.54, 1.807) is 18.4 Å². The number of benzene rings is 1. The summed E-state index contributed by atoms with van der Waals surface area (Å²) in [6, 6.07) is 8.22. The van der Waals surface area contributed by atoms with Gasteiger partial charge in [0.05, 0.1) is 17.6 Å². The number of nitrogens with one attached hydrogen (secondary N) is 1. The van der Waals surface area contributed by atoms with Gasteiger partial charge < -0.3 is 21.1 Å². The van der Waals surface area contributed by atoms with Crippen molar-refractivity contribution in [3.05, 3.63) is 59.0 Å². The van der Waals surface area contributed by atoms with Crippen LogP contribution in [0.3, 0.4) is 0 Å². The summed E-state index contributed by atoms with van der Waals surface area (Å²) < 4.78 is 3.62. The van der Waals surface area contributed by atoms with Gasteiger partial charge in [0.1, 0.15) is 5.60 Å². The first-order valence-corrected chi connectivity index (χ1v) is 13.0. The molecule has 4 heterocycles. The monoisotopic (exact) mass is 503 g/mol. The maximum absolute atomic E-state index is 10.4. The van der Waals surface area contributed by atoms with Crippen LogP contribution in [0.5, 0.6) is 0 Å². The number of nitrogens with two attached hydrogens (primary N) is 1. The van der Waals surface area contributed by atoms with Gasteiger partial charge in [-0.05, 0) is 62.8 Å². The van der Waals surface area contributed by atoms with Crippen LogP contribution in [0.2, 0.25) is 0 Å². The number of piperidine rings is 1. The molecule has 0 spiro atoms. The van der Waals surface area contributed by atoms with Crippen molar-refractivity contribution in [1.82, 2.24) is 29.4 Å². The first-order chi connectivity index (χ1) is 17.6. The molecule has 0 bridgehead atoms. The number of anilines is 2. The van der Waals surface area contributed by atoms with Gasteiger partial charge in [-0.3, -0.25) is 0 Å². The van der Waals surface area contributed by atoms with E-state index in [1.165, 1.54) is 0 Å². The Bertz CT molecular complexity index is 1390. The molecule has 37 heavy (non-hydrogen) atoms. The zero-order valence-electron chi connectivity index (χ0n) is 22.3. The largest absolute Gasteiger partial charge is 0.384 e. The maximum Gasteiger partial charge on any atom is 0.230 e. The van der Waals surface area contributed by atoms with Crippen molar-refractivity contribution in [1.29, 1.82) is 0 Å². The van der Waals surface area contributed by atoms with Gasteiger partial charge in [-0.25, -0.2) is 4.68 Å². The standard InChI is InChI=1S/C27H37N9O/c1-17(2)20-16-30-36-24(20)31-26(34-12-9-19(28)10-13-34)32-25(36)29-15-21-18(3)7-6-8-22(21)35-14-11-23(33-35)27(4,5)37/h6-8,11,14,16-17,19,37H,9-10,12-13,15,28H2,1-5H3,(H,29,31,32). The lowest BCUT2D eigenvalue weighted by atomic mass is 10.1. The molecular weight excluding hydrogens is 466 g/mol. The van der Waals surface area contributed by atoms with E-state index in [-0.39, 0.29) is 12.0 Å². The molecule has 3 aromatic heterocycles.